The zero-order chi connectivity index (χ0) is 12.0. The predicted octanol–water partition coefficient (Wildman–Crippen LogP) is 2.68. The third-order valence-electron chi connectivity index (χ3n) is 4.61. The maximum absolute atomic E-state index is 13.3. The highest BCUT2D eigenvalue weighted by Gasteiger charge is 2.56. The van der Waals surface area contributed by atoms with Crippen LogP contribution in [-0.2, 0) is 0 Å². The number of hydrogen-bond donors (Lipinski definition) is 2. The lowest BCUT2D eigenvalue weighted by molar-refractivity contribution is 0.422. The monoisotopic (exact) mass is 234 g/mol. The molecule has 2 aliphatic rings. The van der Waals surface area contributed by atoms with Crippen LogP contribution in [0, 0.1) is 30.5 Å². The molecule has 3 unspecified atom stereocenters. The van der Waals surface area contributed by atoms with Crippen molar-refractivity contribution in [3.05, 3.63) is 35.1 Å². The SMILES string of the molecule is Cc1ccc(F)cc1C(NN)C1C2CCCC21. The molecule has 3 rings (SSSR count). The van der Waals surface area contributed by atoms with E-state index < -0.39 is 0 Å². The first-order valence-corrected chi connectivity index (χ1v) is 6.44. The largest absolute Gasteiger partial charge is 0.271 e. The number of hydrazine groups is 1. The van der Waals surface area contributed by atoms with Crippen molar-refractivity contribution in [2.45, 2.75) is 32.2 Å². The maximum atomic E-state index is 13.3. The van der Waals surface area contributed by atoms with E-state index in [0.717, 1.165) is 23.0 Å². The van der Waals surface area contributed by atoms with Crippen molar-refractivity contribution < 1.29 is 4.39 Å². The van der Waals surface area contributed by atoms with Gasteiger partial charge in [-0.1, -0.05) is 12.5 Å². The van der Waals surface area contributed by atoms with Crippen LogP contribution in [0.4, 0.5) is 4.39 Å². The van der Waals surface area contributed by atoms with Gasteiger partial charge >= 0.3 is 0 Å². The maximum Gasteiger partial charge on any atom is 0.123 e. The number of benzene rings is 1. The lowest BCUT2D eigenvalue weighted by atomic mass is 9.94. The highest BCUT2D eigenvalue weighted by atomic mass is 19.1. The number of nitrogens with two attached hydrogens (primary N) is 1. The van der Waals surface area contributed by atoms with Gasteiger partial charge < -0.3 is 0 Å². The average Bonchev–Trinajstić information content (AvgIpc) is 2.79. The Bertz CT molecular complexity index is 422. The molecule has 3 N–H and O–H groups in total. The summed E-state index contributed by atoms with van der Waals surface area (Å²) >= 11 is 0. The second-order valence-electron chi connectivity index (χ2n) is 5.48. The smallest absolute Gasteiger partial charge is 0.123 e. The molecule has 3 heteroatoms. The molecule has 2 aliphatic carbocycles. The van der Waals surface area contributed by atoms with Gasteiger partial charge in [-0.05, 0) is 60.8 Å². The predicted molar refractivity (Wildman–Crippen MR) is 65.5 cm³/mol. The molecule has 2 nitrogen and oxygen atoms in total. The average molecular weight is 234 g/mol. The summed E-state index contributed by atoms with van der Waals surface area (Å²) in [5, 5.41) is 0. The summed E-state index contributed by atoms with van der Waals surface area (Å²) in [6.07, 6.45) is 4.00. The Morgan fingerprint density at radius 3 is 2.71 bits per heavy atom. The van der Waals surface area contributed by atoms with Gasteiger partial charge in [0, 0.05) is 6.04 Å². The number of nitrogens with one attached hydrogen (secondary N) is 1. The van der Waals surface area contributed by atoms with E-state index in [1.807, 2.05) is 13.0 Å². The Hall–Kier alpha value is -0.930. The van der Waals surface area contributed by atoms with Gasteiger partial charge in [-0.3, -0.25) is 11.3 Å². The van der Waals surface area contributed by atoms with Gasteiger partial charge in [0.25, 0.3) is 0 Å². The van der Waals surface area contributed by atoms with E-state index in [4.69, 9.17) is 5.84 Å². The van der Waals surface area contributed by atoms with Crippen molar-refractivity contribution in [1.29, 1.82) is 0 Å². The molecule has 1 aromatic carbocycles. The normalized spacial score (nSPS) is 32.3. The molecule has 0 heterocycles. The second-order valence-corrected chi connectivity index (χ2v) is 5.48. The number of rotatable bonds is 3. The minimum atomic E-state index is -0.170. The minimum Gasteiger partial charge on any atom is -0.271 e. The van der Waals surface area contributed by atoms with Crippen molar-refractivity contribution in [2.75, 3.05) is 0 Å². The van der Waals surface area contributed by atoms with Gasteiger partial charge in [0.05, 0.1) is 0 Å². The fourth-order valence-corrected chi connectivity index (χ4v) is 3.73. The van der Waals surface area contributed by atoms with Crippen LogP contribution < -0.4 is 11.3 Å². The third kappa shape index (κ3) is 1.78. The van der Waals surface area contributed by atoms with E-state index in [1.165, 1.54) is 25.3 Å². The lowest BCUT2D eigenvalue weighted by Gasteiger charge is -2.20. The number of halogens is 1. The summed E-state index contributed by atoms with van der Waals surface area (Å²) < 4.78 is 13.3. The number of aryl methyl sites for hydroxylation is 1. The van der Waals surface area contributed by atoms with Crippen LogP contribution >= 0.6 is 0 Å². The first-order chi connectivity index (χ1) is 8.22. The molecule has 0 aromatic heterocycles. The topological polar surface area (TPSA) is 38.0 Å². The Balaban J connectivity index is 1.88. The standard InChI is InChI=1S/C14H19FN2/c1-8-5-6-9(15)7-12(8)14(17-16)13-10-3-2-4-11(10)13/h5-7,10-11,13-14,17H,2-4,16H2,1H3. The van der Waals surface area contributed by atoms with Crippen LogP contribution in [0.3, 0.4) is 0 Å². The Labute approximate surface area is 101 Å². The zero-order valence-electron chi connectivity index (χ0n) is 10.1. The van der Waals surface area contributed by atoms with Crippen molar-refractivity contribution in [2.24, 2.45) is 23.6 Å². The molecule has 0 bridgehead atoms. The van der Waals surface area contributed by atoms with Gasteiger partial charge in [-0.25, -0.2) is 4.39 Å². The van der Waals surface area contributed by atoms with Crippen molar-refractivity contribution >= 4 is 0 Å². The summed E-state index contributed by atoms with van der Waals surface area (Å²) in [4.78, 5) is 0. The van der Waals surface area contributed by atoms with Crippen LogP contribution in [0.25, 0.3) is 0 Å². The summed E-state index contributed by atoms with van der Waals surface area (Å²) in [6.45, 7) is 2.03. The fraction of sp³-hybridized carbons (Fsp3) is 0.571. The molecule has 0 radical (unpaired) electrons. The first-order valence-electron chi connectivity index (χ1n) is 6.44. The van der Waals surface area contributed by atoms with Gasteiger partial charge in [0.1, 0.15) is 5.82 Å². The fourth-order valence-electron chi connectivity index (χ4n) is 3.73. The van der Waals surface area contributed by atoms with Crippen LogP contribution in [0.2, 0.25) is 0 Å². The highest BCUT2D eigenvalue weighted by Crippen LogP contribution is 2.62. The van der Waals surface area contributed by atoms with Crippen LogP contribution in [0.1, 0.15) is 36.4 Å². The van der Waals surface area contributed by atoms with E-state index in [0.29, 0.717) is 5.92 Å². The third-order valence-corrected chi connectivity index (χ3v) is 4.61. The minimum absolute atomic E-state index is 0.126. The van der Waals surface area contributed by atoms with E-state index >= 15 is 0 Å². The lowest BCUT2D eigenvalue weighted by Crippen LogP contribution is -2.31. The highest BCUT2D eigenvalue weighted by molar-refractivity contribution is 5.32. The van der Waals surface area contributed by atoms with Crippen molar-refractivity contribution in [1.82, 2.24) is 5.43 Å². The molecular weight excluding hydrogens is 215 g/mol. The molecule has 0 saturated heterocycles. The van der Waals surface area contributed by atoms with Crippen LogP contribution in [-0.4, -0.2) is 0 Å². The molecule has 0 aliphatic heterocycles. The second kappa shape index (κ2) is 4.07. The van der Waals surface area contributed by atoms with Gasteiger partial charge in [0.2, 0.25) is 0 Å². The molecule has 2 fully saturated rings. The van der Waals surface area contributed by atoms with Gasteiger partial charge in [-0.2, -0.15) is 0 Å². The molecule has 0 spiro atoms. The van der Waals surface area contributed by atoms with Crippen LogP contribution in [0.5, 0.6) is 0 Å². The van der Waals surface area contributed by atoms with E-state index in [-0.39, 0.29) is 11.9 Å². The van der Waals surface area contributed by atoms with Crippen molar-refractivity contribution in [3.8, 4) is 0 Å². The molecule has 17 heavy (non-hydrogen) atoms. The number of hydrogen-bond acceptors (Lipinski definition) is 2. The summed E-state index contributed by atoms with van der Waals surface area (Å²) in [7, 11) is 0. The molecule has 3 atom stereocenters. The molecular formula is C14H19FN2. The summed E-state index contributed by atoms with van der Waals surface area (Å²) in [6, 6.07) is 5.11. The van der Waals surface area contributed by atoms with Crippen molar-refractivity contribution in [3.63, 3.8) is 0 Å². The van der Waals surface area contributed by atoms with Crippen LogP contribution in [0.15, 0.2) is 18.2 Å². The summed E-state index contributed by atoms with van der Waals surface area (Å²) in [5.41, 5.74) is 5.07. The molecule has 92 valence electrons. The Morgan fingerprint density at radius 2 is 2.06 bits per heavy atom. The van der Waals surface area contributed by atoms with Gasteiger partial charge in [-0.15, -0.1) is 0 Å². The molecule has 1 aromatic rings. The zero-order valence-corrected chi connectivity index (χ0v) is 10.1. The van der Waals surface area contributed by atoms with E-state index in [1.54, 1.807) is 6.07 Å². The van der Waals surface area contributed by atoms with E-state index in [9.17, 15) is 4.39 Å². The Kier molecular flexibility index (Phi) is 2.68. The molecule has 0 amide bonds. The van der Waals surface area contributed by atoms with E-state index in [2.05, 4.69) is 5.43 Å². The quantitative estimate of drug-likeness (QED) is 0.623. The number of fused-ring (bicyclic) bond motifs is 1. The van der Waals surface area contributed by atoms with Gasteiger partial charge in [0.15, 0.2) is 0 Å². The molecule has 2 saturated carbocycles. The Morgan fingerprint density at radius 1 is 1.35 bits per heavy atom. The summed E-state index contributed by atoms with van der Waals surface area (Å²) in [5.74, 6) is 7.78. The first kappa shape index (κ1) is 11.2.